The largest absolute Gasteiger partial charge is 0.373 e. The fourth-order valence-electron chi connectivity index (χ4n) is 3.79. The van der Waals surface area contributed by atoms with E-state index in [0.29, 0.717) is 12.3 Å². The highest BCUT2D eigenvalue weighted by Gasteiger charge is 2.23. The van der Waals surface area contributed by atoms with Gasteiger partial charge in [0.1, 0.15) is 24.0 Å². The van der Waals surface area contributed by atoms with Gasteiger partial charge in [-0.25, -0.2) is 0 Å². The van der Waals surface area contributed by atoms with Gasteiger partial charge in [-0.1, -0.05) is 83.1 Å². The average molecular weight is 583 g/mol. The molecule has 0 saturated heterocycles. The highest BCUT2D eigenvalue weighted by Crippen LogP contribution is 2.19. The molecule has 0 aromatic carbocycles. The van der Waals surface area contributed by atoms with Crippen LogP contribution in [0, 0.1) is 21.7 Å². The summed E-state index contributed by atoms with van der Waals surface area (Å²) in [6.07, 6.45) is 21.6. The van der Waals surface area contributed by atoms with Gasteiger partial charge in [0.05, 0.1) is 6.54 Å². The molecule has 0 fully saturated rings. The van der Waals surface area contributed by atoms with Gasteiger partial charge in [0.25, 0.3) is 0 Å². The Morgan fingerprint density at radius 1 is 0.571 bits per heavy atom. The number of hydrogen-bond acceptors (Lipinski definition) is 8. The molecule has 0 saturated carbocycles. The summed E-state index contributed by atoms with van der Waals surface area (Å²) in [6.45, 7) is 29.1. The van der Waals surface area contributed by atoms with Crippen molar-refractivity contribution in [3.8, 4) is 0 Å². The predicted molar refractivity (Wildman–Crippen MR) is 184 cm³/mol. The molecular formula is C34H62N8. The summed E-state index contributed by atoms with van der Waals surface area (Å²) < 4.78 is 0. The number of hydrogen-bond donors (Lipinski definition) is 6. The van der Waals surface area contributed by atoms with E-state index in [1.807, 2.05) is 61.4 Å². The Morgan fingerprint density at radius 2 is 1.00 bits per heavy atom. The molecule has 0 amide bonds. The molecule has 0 aromatic heterocycles. The van der Waals surface area contributed by atoms with Crippen LogP contribution < -0.4 is 31.9 Å². The van der Waals surface area contributed by atoms with Crippen molar-refractivity contribution in [3.05, 3.63) is 61.4 Å². The van der Waals surface area contributed by atoms with Crippen molar-refractivity contribution in [1.82, 2.24) is 31.9 Å². The Kier molecular flexibility index (Phi) is 15.0. The first-order valence-corrected chi connectivity index (χ1v) is 15.4. The van der Waals surface area contributed by atoms with E-state index >= 15 is 0 Å². The minimum Gasteiger partial charge on any atom is -0.373 e. The molecule has 0 atom stereocenters. The number of nitrogens with one attached hydrogen (secondary N) is 6. The number of amidine groups is 2. The summed E-state index contributed by atoms with van der Waals surface area (Å²) >= 11 is 0. The maximum Gasteiger partial charge on any atom is 0.106 e. The first-order valence-electron chi connectivity index (χ1n) is 15.4. The van der Waals surface area contributed by atoms with Crippen LogP contribution in [-0.2, 0) is 0 Å². The van der Waals surface area contributed by atoms with E-state index in [9.17, 15) is 0 Å². The van der Waals surface area contributed by atoms with Crippen LogP contribution in [0.3, 0.4) is 0 Å². The maximum absolute atomic E-state index is 4.41. The van der Waals surface area contributed by atoms with Crippen molar-refractivity contribution in [3.63, 3.8) is 0 Å². The summed E-state index contributed by atoms with van der Waals surface area (Å²) in [5.74, 6) is 2.24. The molecule has 238 valence electrons. The molecule has 8 nitrogen and oxygen atoms in total. The molecule has 4 rings (SSSR count). The SMILES string of the molecule is CC(C)(C)C1=NCC=CN1.CC(C)(C)C1=NCCCN1.CC(C)(C)C1NC=CC=CN1.CC(C)(C)C1NC=CC=CN1. The van der Waals surface area contributed by atoms with Crippen LogP contribution in [0.25, 0.3) is 0 Å². The number of nitrogens with zero attached hydrogens (tertiary/aromatic N) is 2. The third-order valence-corrected chi connectivity index (χ3v) is 6.40. The highest BCUT2D eigenvalue weighted by molar-refractivity contribution is 5.88. The van der Waals surface area contributed by atoms with Crippen LogP contribution in [0.4, 0.5) is 0 Å². The van der Waals surface area contributed by atoms with Crippen LogP contribution in [-0.4, -0.2) is 43.6 Å². The molecule has 0 radical (unpaired) electrons. The zero-order chi connectivity index (χ0) is 31.9. The van der Waals surface area contributed by atoms with Crippen LogP contribution in [0.2, 0.25) is 0 Å². The van der Waals surface area contributed by atoms with E-state index in [1.165, 1.54) is 12.3 Å². The van der Waals surface area contributed by atoms with Crippen LogP contribution in [0.1, 0.15) is 89.5 Å². The second kappa shape index (κ2) is 17.1. The number of aliphatic imine (C=N–C) groups is 2. The van der Waals surface area contributed by atoms with Crippen molar-refractivity contribution in [2.75, 3.05) is 19.6 Å². The first-order chi connectivity index (χ1) is 19.4. The topological polar surface area (TPSA) is 96.9 Å². The molecule has 0 aliphatic carbocycles. The zero-order valence-electron chi connectivity index (χ0n) is 28.7. The monoisotopic (exact) mass is 583 g/mol. The Balaban J connectivity index is 0.000000280. The quantitative estimate of drug-likeness (QED) is 0.206. The van der Waals surface area contributed by atoms with Gasteiger partial charge in [0.15, 0.2) is 0 Å². The average Bonchev–Trinajstić information content (AvgIpc) is 3.36. The van der Waals surface area contributed by atoms with E-state index in [0.717, 1.165) is 25.5 Å². The molecule has 0 aromatic rings. The molecule has 4 aliphatic rings. The van der Waals surface area contributed by atoms with Crippen molar-refractivity contribution in [2.45, 2.75) is 102 Å². The summed E-state index contributed by atoms with van der Waals surface area (Å²) in [5, 5.41) is 19.5. The summed E-state index contributed by atoms with van der Waals surface area (Å²) in [5.41, 5.74) is 0.837. The lowest BCUT2D eigenvalue weighted by atomic mass is 9.92. The normalized spacial score (nSPS) is 18.9. The second-order valence-electron chi connectivity index (χ2n) is 14.9. The van der Waals surface area contributed by atoms with E-state index in [1.54, 1.807) is 0 Å². The van der Waals surface area contributed by atoms with Gasteiger partial charge in [0, 0.05) is 34.7 Å². The van der Waals surface area contributed by atoms with Gasteiger partial charge in [-0.2, -0.15) is 0 Å². The van der Waals surface area contributed by atoms with Crippen LogP contribution in [0.5, 0.6) is 0 Å². The fourth-order valence-corrected chi connectivity index (χ4v) is 3.79. The minimum atomic E-state index is 0.157. The lowest BCUT2D eigenvalue weighted by Gasteiger charge is -2.30. The lowest BCUT2D eigenvalue weighted by molar-refractivity contribution is 0.266. The standard InChI is InChI=1S/2C9H16N2.C8H16N2.C8H14N2/c2*1-9(2,3)8-10-6-4-5-7-11-8;2*1-8(2,3)7-9-5-4-6-10-7/h2*4-8,10-11H,1-3H3;4-6H2,1-3H3,(H,9,10);4-5H,6H2,1-3H3,(H,9,10). The number of rotatable bonds is 0. The summed E-state index contributed by atoms with van der Waals surface area (Å²) in [7, 11) is 0. The maximum atomic E-state index is 4.41. The minimum absolute atomic E-state index is 0.157. The summed E-state index contributed by atoms with van der Waals surface area (Å²) in [4.78, 5) is 8.73. The van der Waals surface area contributed by atoms with E-state index < -0.39 is 0 Å². The zero-order valence-corrected chi connectivity index (χ0v) is 28.7. The molecular weight excluding hydrogens is 520 g/mol. The van der Waals surface area contributed by atoms with Gasteiger partial charge < -0.3 is 31.9 Å². The highest BCUT2D eigenvalue weighted by atomic mass is 15.1. The van der Waals surface area contributed by atoms with Crippen molar-refractivity contribution >= 4 is 11.7 Å². The van der Waals surface area contributed by atoms with Crippen molar-refractivity contribution < 1.29 is 0 Å². The molecule has 6 N–H and O–H groups in total. The predicted octanol–water partition coefficient (Wildman–Crippen LogP) is 6.13. The Morgan fingerprint density at radius 3 is 1.24 bits per heavy atom. The molecule has 0 bridgehead atoms. The Hall–Kier alpha value is -3.16. The molecule has 42 heavy (non-hydrogen) atoms. The van der Waals surface area contributed by atoms with E-state index in [-0.39, 0.29) is 21.7 Å². The van der Waals surface area contributed by atoms with Gasteiger partial charge in [-0.15, -0.1) is 0 Å². The molecule has 8 heteroatoms. The third-order valence-electron chi connectivity index (χ3n) is 6.40. The van der Waals surface area contributed by atoms with E-state index in [2.05, 4.69) is 125 Å². The van der Waals surface area contributed by atoms with Crippen LogP contribution in [0.15, 0.2) is 71.4 Å². The van der Waals surface area contributed by atoms with Gasteiger partial charge in [-0.05, 0) is 67.8 Å². The van der Waals surface area contributed by atoms with Gasteiger partial charge >= 0.3 is 0 Å². The number of allylic oxidation sites excluding steroid dienone is 4. The van der Waals surface area contributed by atoms with Crippen LogP contribution >= 0.6 is 0 Å². The smallest absolute Gasteiger partial charge is 0.106 e. The van der Waals surface area contributed by atoms with Crippen molar-refractivity contribution in [1.29, 1.82) is 0 Å². The molecule has 4 aliphatic heterocycles. The van der Waals surface area contributed by atoms with Crippen molar-refractivity contribution in [2.24, 2.45) is 31.6 Å². The van der Waals surface area contributed by atoms with E-state index in [4.69, 9.17) is 0 Å². The Labute approximate surface area is 257 Å². The molecule has 0 spiro atoms. The van der Waals surface area contributed by atoms with Gasteiger partial charge in [0.2, 0.25) is 0 Å². The lowest BCUT2D eigenvalue weighted by Crippen LogP contribution is -2.46. The molecule has 0 unspecified atom stereocenters. The van der Waals surface area contributed by atoms with Gasteiger partial charge in [-0.3, -0.25) is 9.98 Å². The Bertz CT molecular complexity index is 899. The molecule has 4 heterocycles. The second-order valence-corrected chi connectivity index (χ2v) is 14.9. The third kappa shape index (κ3) is 15.7. The fraction of sp³-hybridized carbons (Fsp3) is 0.647. The first kappa shape index (κ1) is 36.9. The summed E-state index contributed by atoms with van der Waals surface area (Å²) in [6, 6.07) is 0.